The van der Waals surface area contributed by atoms with Gasteiger partial charge in [-0.3, -0.25) is 0 Å². The minimum atomic E-state index is -1.76. The summed E-state index contributed by atoms with van der Waals surface area (Å²) in [4.78, 5) is 0. The van der Waals surface area contributed by atoms with Gasteiger partial charge in [0.05, 0.1) is 19.3 Å². The monoisotopic (exact) mass is 412 g/mol. The Morgan fingerprint density at radius 1 is 0.786 bits per heavy atom. The fraction of sp³-hybridized carbons (Fsp3) is 0.391. The molecule has 1 aliphatic heterocycles. The zero-order chi connectivity index (χ0) is 20.7. The molecule has 0 unspecified atom stereocenters. The molecule has 5 heteroatoms. The lowest BCUT2D eigenvalue weighted by molar-refractivity contribution is 0.00578. The molecule has 2 nitrogen and oxygen atoms in total. The van der Waals surface area contributed by atoms with Gasteiger partial charge >= 0.3 is 7.12 Å². The van der Waals surface area contributed by atoms with E-state index in [4.69, 9.17) is 20.9 Å². The maximum absolute atomic E-state index is 6.52. The summed E-state index contributed by atoms with van der Waals surface area (Å²) < 4.78 is 13.0. The van der Waals surface area contributed by atoms with Crippen molar-refractivity contribution in [2.45, 2.75) is 58.5 Å². The van der Waals surface area contributed by atoms with E-state index in [1.165, 1.54) is 10.8 Å². The Bertz CT molecular complexity index is 852. The predicted molar refractivity (Wildman–Crippen MR) is 124 cm³/mol. The van der Waals surface area contributed by atoms with Crippen molar-refractivity contribution in [3.8, 4) is 0 Å². The molecule has 0 saturated carbocycles. The van der Waals surface area contributed by atoms with Crippen molar-refractivity contribution >= 4 is 37.5 Å². The maximum atomic E-state index is 6.52. The van der Waals surface area contributed by atoms with Crippen molar-refractivity contribution in [1.29, 1.82) is 0 Å². The van der Waals surface area contributed by atoms with Crippen LogP contribution in [0.5, 0.6) is 0 Å². The van der Waals surface area contributed by atoms with Gasteiger partial charge in [-0.1, -0.05) is 78.9 Å². The zero-order valence-electron chi connectivity index (χ0n) is 18.0. The van der Waals surface area contributed by atoms with E-state index in [0.717, 1.165) is 16.1 Å². The Labute approximate surface area is 176 Å². The fourth-order valence-corrected chi connectivity index (χ4v) is 5.81. The third kappa shape index (κ3) is 4.16. The topological polar surface area (TPSA) is 18.5 Å². The molecule has 1 aliphatic rings. The summed E-state index contributed by atoms with van der Waals surface area (Å²) in [6.07, 6.45) is 0. The predicted octanol–water partition coefficient (Wildman–Crippen LogP) is 6.76. The Morgan fingerprint density at radius 3 is 1.75 bits per heavy atom. The lowest BCUT2D eigenvalue weighted by atomic mass is 9.73. The van der Waals surface area contributed by atoms with Gasteiger partial charge in [-0.2, -0.15) is 0 Å². The second-order valence-electron chi connectivity index (χ2n) is 9.50. The second-order valence-corrected chi connectivity index (χ2v) is 14.9. The van der Waals surface area contributed by atoms with Crippen LogP contribution in [-0.4, -0.2) is 26.4 Å². The van der Waals surface area contributed by atoms with Crippen LogP contribution in [0.4, 0.5) is 0 Å². The molecule has 2 aromatic rings. The van der Waals surface area contributed by atoms with Crippen LogP contribution in [0.1, 0.15) is 38.8 Å². The molecule has 1 saturated heterocycles. The largest absolute Gasteiger partial charge is 0.495 e. The van der Waals surface area contributed by atoms with E-state index in [9.17, 15) is 0 Å². The highest BCUT2D eigenvalue weighted by Crippen LogP contribution is 2.44. The van der Waals surface area contributed by atoms with Crippen molar-refractivity contribution in [3.05, 3.63) is 70.7 Å². The van der Waals surface area contributed by atoms with E-state index in [1.807, 2.05) is 12.1 Å². The highest BCUT2D eigenvalue weighted by Gasteiger charge is 2.53. The van der Waals surface area contributed by atoms with Crippen LogP contribution >= 0.6 is 11.6 Å². The van der Waals surface area contributed by atoms with Gasteiger partial charge in [-0.05, 0) is 56.4 Å². The van der Waals surface area contributed by atoms with Gasteiger partial charge < -0.3 is 9.31 Å². The number of halogens is 1. The van der Waals surface area contributed by atoms with E-state index in [0.29, 0.717) is 0 Å². The van der Waals surface area contributed by atoms with Crippen molar-refractivity contribution < 1.29 is 9.31 Å². The van der Waals surface area contributed by atoms with Crippen LogP contribution in [-0.2, 0) is 9.31 Å². The summed E-state index contributed by atoms with van der Waals surface area (Å²) in [6, 6.07) is 18.7. The molecule has 0 aliphatic carbocycles. The van der Waals surface area contributed by atoms with Crippen LogP contribution in [0.2, 0.25) is 24.7 Å². The third-order valence-corrected chi connectivity index (χ3v) is 8.04. The highest BCUT2D eigenvalue weighted by molar-refractivity contribution is 6.98. The first-order valence-electron chi connectivity index (χ1n) is 9.84. The molecular weight excluding hydrogens is 383 g/mol. The van der Waals surface area contributed by atoms with Crippen LogP contribution in [0.25, 0.3) is 10.7 Å². The van der Waals surface area contributed by atoms with Crippen LogP contribution in [0.15, 0.2) is 54.6 Å². The standard InChI is InChI=1S/C23H30BClO2Si/c1-22(2)23(3,4)27-24(26-22)20(17-13-15-19(25)16-14-17)21(28(5,6)7)18-11-9-8-10-12-18/h8-16H,1-7H3/b21-20+. The summed E-state index contributed by atoms with van der Waals surface area (Å²) in [5, 5.41) is 2.08. The summed E-state index contributed by atoms with van der Waals surface area (Å²) in [5.74, 6) is 0. The second kappa shape index (κ2) is 7.49. The first-order chi connectivity index (χ1) is 12.9. The molecule has 0 atom stereocenters. The number of hydrogen-bond acceptors (Lipinski definition) is 2. The Morgan fingerprint density at radius 2 is 1.29 bits per heavy atom. The molecule has 0 N–H and O–H groups in total. The summed E-state index contributed by atoms with van der Waals surface area (Å²) in [7, 11) is -2.18. The van der Waals surface area contributed by atoms with Crippen LogP contribution < -0.4 is 0 Å². The van der Waals surface area contributed by atoms with E-state index in [1.54, 1.807) is 0 Å². The normalized spacial score (nSPS) is 19.5. The quantitative estimate of drug-likeness (QED) is 0.408. The summed E-state index contributed by atoms with van der Waals surface area (Å²) >= 11 is 6.18. The molecule has 3 rings (SSSR count). The molecule has 148 valence electrons. The van der Waals surface area contributed by atoms with Gasteiger partial charge in [0.25, 0.3) is 0 Å². The zero-order valence-corrected chi connectivity index (χ0v) is 19.7. The number of rotatable bonds is 4. The maximum Gasteiger partial charge on any atom is 0.495 e. The Hall–Kier alpha value is -1.33. The van der Waals surface area contributed by atoms with Gasteiger partial charge in [0.2, 0.25) is 0 Å². The van der Waals surface area contributed by atoms with E-state index in [-0.39, 0.29) is 0 Å². The van der Waals surface area contributed by atoms with Gasteiger partial charge in [-0.25, -0.2) is 0 Å². The van der Waals surface area contributed by atoms with Crippen LogP contribution in [0, 0.1) is 0 Å². The van der Waals surface area contributed by atoms with Crippen molar-refractivity contribution in [2.75, 3.05) is 0 Å². The lowest BCUT2D eigenvalue weighted by Gasteiger charge is -2.32. The summed E-state index contributed by atoms with van der Waals surface area (Å²) in [5.41, 5.74) is 2.68. The van der Waals surface area contributed by atoms with Crippen molar-refractivity contribution in [1.82, 2.24) is 0 Å². The molecule has 1 heterocycles. The highest BCUT2D eigenvalue weighted by atomic mass is 35.5. The molecule has 0 bridgehead atoms. The Kier molecular flexibility index (Phi) is 5.72. The van der Waals surface area contributed by atoms with E-state index >= 15 is 0 Å². The third-order valence-electron chi connectivity index (χ3n) is 5.73. The van der Waals surface area contributed by atoms with Gasteiger partial charge in [0.1, 0.15) is 0 Å². The van der Waals surface area contributed by atoms with Gasteiger partial charge in [-0.15, -0.1) is 0 Å². The van der Waals surface area contributed by atoms with E-state index < -0.39 is 26.4 Å². The number of benzene rings is 2. The molecule has 0 amide bonds. The molecule has 28 heavy (non-hydrogen) atoms. The van der Waals surface area contributed by atoms with Gasteiger partial charge in [0, 0.05) is 5.02 Å². The molecule has 0 spiro atoms. The average molecular weight is 413 g/mol. The smallest absolute Gasteiger partial charge is 0.399 e. The SMILES string of the molecule is CC1(C)OB(/C(=C(\c2ccccc2)[Si](C)(C)C)c2ccc(Cl)cc2)OC1(C)C. The summed E-state index contributed by atoms with van der Waals surface area (Å²) in [6.45, 7) is 15.5. The van der Waals surface area contributed by atoms with Crippen molar-refractivity contribution in [3.63, 3.8) is 0 Å². The molecule has 1 fully saturated rings. The van der Waals surface area contributed by atoms with Crippen LogP contribution in [0.3, 0.4) is 0 Å². The first kappa shape index (κ1) is 21.4. The van der Waals surface area contributed by atoms with Crippen molar-refractivity contribution in [2.24, 2.45) is 0 Å². The fourth-order valence-electron chi connectivity index (χ4n) is 3.59. The molecule has 2 aromatic carbocycles. The average Bonchev–Trinajstić information content (AvgIpc) is 2.80. The first-order valence-corrected chi connectivity index (χ1v) is 13.7. The Balaban J connectivity index is 2.29. The minimum Gasteiger partial charge on any atom is -0.399 e. The lowest BCUT2D eigenvalue weighted by Crippen LogP contribution is -2.41. The molecular formula is C23H30BClO2Si. The van der Waals surface area contributed by atoms with E-state index in [2.05, 4.69) is 89.8 Å². The van der Waals surface area contributed by atoms with Gasteiger partial charge in [0.15, 0.2) is 0 Å². The minimum absolute atomic E-state index is 0.392. The molecule has 0 aromatic heterocycles. The number of hydrogen-bond donors (Lipinski definition) is 0. The molecule has 0 radical (unpaired) electrons.